The lowest BCUT2D eigenvalue weighted by molar-refractivity contribution is -0.121. The number of rotatable bonds is 4. The summed E-state index contributed by atoms with van der Waals surface area (Å²) in [5.41, 5.74) is 0. The SMILES string of the molecule is CCS(=O)(=O)CC(=O)C1CCCCC1. The fraction of sp³-hybridized carbons (Fsp3) is 0.900. The van der Waals surface area contributed by atoms with E-state index >= 15 is 0 Å². The number of carbonyl (C=O) groups is 1. The molecule has 1 aliphatic carbocycles. The lowest BCUT2D eigenvalue weighted by atomic mass is 9.87. The summed E-state index contributed by atoms with van der Waals surface area (Å²) in [6.45, 7) is 1.59. The van der Waals surface area contributed by atoms with Crippen molar-refractivity contribution in [2.75, 3.05) is 11.5 Å². The summed E-state index contributed by atoms with van der Waals surface area (Å²) in [6, 6.07) is 0. The smallest absolute Gasteiger partial charge is 0.157 e. The predicted molar refractivity (Wildman–Crippen MR) is 55.9 cm³/mol. The Balaban J connectivity index is 2.49. The fourth-order valence-electron chi connectivity index (χ4n) is 1.86. The number of Topliss-reactive ketones (excluding diaryl/α,β-unsaturated/α-hetero) is 1. The molecule has 14 heavy (non-hydrogen) atoms. The van der Waals surface area contributed by atoms with Crippen molar-refractivity contribution in [1.29, 1.82) is 0 Å². The molecular formula is C10H18O3S. The van der Waals surface area contributed by atoms with E-state index in [-0.39, 0.29) is 23.2 Å². The zero-order valence-electron chi connectivity index (χ0n) is 8.66. The quantitative estimate of drug-likeness (QED) is 0.719. The second-order valence-corrected chi connectivity index (χ2v) is 6.33. The molecule has 0 aromatic rings. The van der Waals surface area contributed by atoms with E-state index in [1.807, 2.05) is 0 Å². The van der Waals surface area contributed by atoms with E-state index < -0.39 is 9.84 Å². The highest BCUT2D eigenvalue weighted by atomic mass is 32.2. The van der Waals surface area contributed by atoms with Gasteiger partial charge in [-0.05, 0) is 12.8 Å². The monoisotopic (exact) mass is 218 g/mol. The molecule has 0 spiro atoms. The number of hydrogen-bond donors (Lipinski definition) is 0. The van der Waals surface area contributed by atoms with Crippen LogP contribution in [0.2, 0.25) is 0 Å². The van der Waals surface area contributed by atoms with Gasteiger partial charge < -0.3 is 0 Å². The molecule has 0 atom stereocenters. The van der Waals surface area contributed by atoms with Gasteiger partial charge in [0.15, 0.2) is 15.6 Å². The molecule has 0 bridgehead atoms. The molecule has 0 aromatic carbocycles. The van der Waals surface area contributed by atoms with E-state index in [9.17, 15) is 13.2 Å². The molecule has 0 N–H and O–H groups in total. The van der Waals surface area contributed by atoms with Crippen LogP contribution in [0.3, 0.4) is 0 Å². The Labute approximate surface area is 85.8 Å². The molecule has 0 aromatic heterocycles. The number of ketones is 1. The first-order valence-corrected chi connectivity index (χ1v) is 7.10. The lowest BCUT2D eigenvalue weighted by Crippen LogP contribution is -2.26. The molecule has 0 radical (unpaired) electrons. The molecule has 4 heteroatoms. The third kappa shape index (κ3) is 3.40. The summed E-state index contributed by atoms with van der Waals surface area (Å²) < 4.78 is 22.5. The molecule has 0 unspecified atom stereocenters. The van der Waals surface area contributed by atoms with Gasteiger partial charge in [0.2, 0.25) is 0 Å². The molecule has 3 nitrogen and oxygen atoms in total. The van der Waals surface area contributed by atoms with Crippen molar-refractivity contribution < 1.29 is 13.2 Å². The molecule has 1 rings (SSSR count). The van der Waals surface area contributed by atoms with Crippen LogP contribution >= 0.6 is 0 Å². The Hall–Kier alpha value is -0.380. The number of hydrogen-bond acceptors (Lipinski definition) is 3. The summed E-state index contributed by atoms with van der Waals surface area (Å²) in [4.78, 5) is 11.6. The molecule has 82 valence electrons. The van der Waals surface area contributed by atoms with Crippen molar-refractivity contribution in [2.24, 2.45) is 5.92 Å². The molecule has 0 saturated heterocycles. The van der Waals surface area contributed by atoms with Gasteiger partial charge >= 0.3 is 0 Å². The van der Waals surface area contributed by atoms with Gasteiger partial charge in [0.25, 0.3) is 0 Å². The molecule has 0 amide bonds. The fourth-order valence-corrected chi connectivity index (χ4v) is 2.73. The topological polar surface area (TPSA) is 51.2 Å². The van der Waals surface area contributed by atoms with Gasteiger partial charge in [0.05, 0.1) is 0 Å². The van der Waals surface area contributed by atoms with Gasteiger partial charge in [0.1, 0.15) is 5.75 Å². The predicted octanol–water partition coefficient (Wildman–Crippen LogP) is 1.57. The maximum atomic E-state index is 11.6. The van der Waals surface area contributed by atoms with Crippen LogP contribution in [0.5, 0.6) is 0 Å². The van der Waals surface area contributed by atoms with Gasteiger partial charge in [0, 0.05) is 11.7 Å². The molecule has 1 saturated carbocycles. The van der Waals surface area contributed by atoms with Crippen LogP contribution in [-0.2, 0) is 14.6 Å². The second kappa shape index (κ2) is 4.91. The van der Waals surface area contributed by atoms with E-state index in [0.29, 0.717) is 0 Å². The Bertz CT molecular complexity index is 286. The molecule has 0 heterocycles. The standard InChI is InChI=1S/C10H18O3S/c1-2-14(12,13)8-10(11)9-6-4-3-5-7-9/h9H,2-8H2,1H3. The van der Waals surface area contributed by atoms with E-state index in [2.05, 4.69) is 0 Å². The van der Waals surface area contributed by atoms with E-state index in [1.54, 1.807) is 6.92 Å². The van der Waals surface area contributed by atoms with E-state index in [1.165, 1.54) is 6.42 Å². The lowest BCUT2D eigenvalue weighted by Gasteiger charge is -2.19. The van der Waals surface area contributed by atoms with Crippen LogP contribution in [0.15, 0.2) is 0 Å². The summed E-state index contributed by atoms with van der Waals surface area (Å²) in [5.74, 6) is -0.212. The van der Waals surface area contributed by atoms with E-state index in [0.717, 1.165) is 25.7 Å². The second-order valence-electron chi connectivity index (χ2n) is 3.98. The van der Waals surface area contributed by atoms with Gasteiger partial charge in [-0.2, -0.15) is 0 Å². The average molecular weight is 218 g/mol. The van der Waals surface area contributed by atoms with Crippen LogP contribution in [0.25, 0.3) is 0 Å². The Morgan fingerprint density at radius 1 is 1.21 bits per heavy atom. The minimum absolute atomic E-state index is 0.0186. The van der Waals surface area contributed by atoms with Crippen molar-refractivity contribution in [3.05, 3.63) is 0 Å². The summed E-state index contributed by atoms with van der Waals surface area (Å²) in [6.07, 6.45) is 5.10. The van der Waals surface area contributed by atoms with Gasteiger partial charge in [-0.3, -0.25) is 4.79 Å². The molecular weight excluding hydrogens is 200 g/mol. The Morgan fingerprint density at radius 2 is 1.79 bits per heavy atom. The summed E-state index contributed by atoms with van der Waals surface area (Å²) in [5, 5.41) is 0. The third-order valence-electron chi connectivity index (χ3n) is 2.86. The molecule has 0 aliphatic heterocycles. The zero-order valence-corrected chi connectivity index (χ0v) is 9.48. The van der Waals surface area contributed by atoms with Crippen LogP contribution in [-0.4, -0.2) is 25.7 Å². The number of carbonyl (C=O) groups excluding carboxylic acids is 1. The van der Waals surface area contributed by atoms with E-state index in [4.69, 9.17) is 0 Å². The van der Waals surface area contributed by atoms with Crippen molar-refractivity contribution in [3.8, 4) is 0 Å². The molecule has 1 aliphatic rings. The van der Waals surface area contributed by atoms with Gasteiger partial charge in [-0.25, -0.2) is 8.42 Å². The minimum Gasteiger partial charge on any atom is -0.298 e. The first-order valence-electron chi connectivity index (χ1n) is 5.28. The normalized spacial score (nSPS) is 19.5. The van der Waals surface area contributed by atoms with Gasteiger partial charge in [-0.15, -0.1) is 0 Å². The van der Waals surface area contributed by atoms with Crippen LogP contribution in [0, 0.1) is 5.92 Å². The average Bonchev–Trinajstić information content (AvgIpc) is 2.19. The Kier molecular flexibility index (Phi) is 4.11. The van der Waals surface area contributed by atoms with Crippen molar-refractivity contribution in [1.82, 2.24) is 0 Å². The highest BCUT2D eigenvalue weighted by molar-refractivity contribution is 7.92. The summed E-state index contributed by atoms with van der Waals surface area (Å²) >= 11 is 0. The third-order valence-corrected chi connectivity index (χ3v) is 4.47. The van der Waals surface area contributed by atoms with Crippen LogP contribution in [0.4, 0.5) is 0 Å². The highest BCUT2D eigenvalue weighted by Crippen LogP contribution is 2.24. The summed E-state index contributed by atoms with van der Waals surface area (Å²) in [7, 11) is -3.12. The highest BCUT2D eigenvalue weighted by Gasteiger charge is 2.24. The maximum Gasteiger partial charge on any atom is 0.157 e. The first kappa shape index (κ1) is 11.7. The van der Waals surface area contributed by atoms with Crippen molar-refractivity contribution >= 4 is 15.6 Å². The Morgan fingerprint density at radius 3 is 2.29 bits per heavy atom. The number of sulfone groups is 1. The van der Waals surface area contributed by atoms with Gasteiger partial charge in [-0.1, -0.05) is 26.2 Å². The largest absolute Gasteiger partial charge is 0.298 e. The minimum atomic E-state index is -3.12. The zero-order chi connectivity index (χ0) is 10.6. The van der Waals surface area contributed by atoms with Crippen molar-refractivity contribution in [3.63, 3.8) is 0 Å². The molecule has 1 fully saturated rings. The van der Waals surface area contributed by atoms with Crippen LogP contribution in [0.1, 0.15) is 39.0 Å². The van der Waals surface area contributed by atoms with Crippen LogP contribution < -0.4 is 0 Å². The maximum absolute atomic E-state index is 11.6. The first-order chi connectivity index (χ1) is 6.55. The van der Waals surface area contributed by atoms with Crippen molar-refractivity contribution in [2.45, 2.75) is 39.0 Å².